The number of hydrogen-bond acceptors (Lipinski definition) is 5. The largest absolute Gasteiger partial charge is 0.477 e. The van der Waals surface area contributed by atoms with Crippen LogP contribution in [0.5, 0.6) is 0 Å². The molecule has 7 heteroatoms. The fourth-order valence-electron chi connectivity index (χ4n) is 4.22. The number of aliphatic carboxylic acids is 1. The highest BCUT2D eigenvalue weighted by molar-refractivity contribution is 7.24. The molecule has 0 aliphatic carbocycles. The monoisotopic (exact) mass is 484 g/mol. The van der Waals surface area contributed by atoms with Gasteiger partial charge in [-0.2, -0.15) is 5.26 Å². The number of aryl methyl sites for hydroxylation is 1. The third-order valence-corrected chi connectivity index (χ3v) is 8.19. The van der Waals surface area contributed by atoms with Crippen LogP contribution in [0.4, 0.5) is 0 Å². The maximum atomic E-state index is 11.1. The summed E-state index contributed by atoms with van der Waals surface area (Å²) >= 11 is 3.14. The lowest BCUT2D eigenvalue weighted by Crippen LogP contribution is -1.96. The number of thiophene rings is 2. The summed E-state index contributed by atoms with van der Waals surface area (Å²) in [6, 6.07) is 22.3. The number of carboxylic acids is 1. The Morgan fingerprint density at radius 2 is 1.65 bits per heavy atom. The molecule has 5 aromatic rings. The number of nitrogens with zero attached hydrogens (tertiary/aromatic N) is 2. The second-order valence-electron chi connectivity index (χ2n) is 7.83. The van der Waals surface area contributed by atoms with Crippen molar-refractivity contribution in [1.29, 1.82) is 5.26 Å². The average molecular weight is 485 g/mol. The molecular weight excluding hydrogens is 464 g/mol. The molecule has 2 aromatic carbocycles. The lowest BCUT2D eigenvalue weighted by atomic mass is 10.1. The highest BCUT2D eigenvalue weighted by atomic mass is 32.1. The Labute approximate surface area is 204 Å². The molecule has 5 rings (SSSR count). The van der Waals surface area contributed by atoms with Crippen molar-refractivity contribution in [3.8, 4) is 26.3 Å². The zero-order chi connectivity index (χ0) is 23.8. The number of nitriles is 1. The van der Waals surface area contributed by atoms with Crippen molar-refractivity contribution in [3.05, 3.63) is 76.7 Å². The predicted octanol–water partition coefficient (Wildman–Crippen LogP) is 6.76. The fourth-order valence-corrected chi connectivity index (χ4v) is 6.26. The molecule has 0 atom stereocenters. The summed E-state index contributed by atoms with van der Waals surface area (Å²) in [5, 5.41) is 30.0. The molecule has 3 aromatic heterocycles. The number of carboxylic acid groups (broad SMARTS) is 1. The van der Waals surface area contributed by atoms with Crippen LogP contribution in [0.15, 0.2) is 66.2 Å². The number of fused-ring (bicyclic) bond motifs is 3. The summed E-state index contributed by atoms with van der Waals surface area (Å²) in [5.41, 5.74) is 4.09. The quantitative estimate of drug-likeness (QED) is 0.206. The van der Waals surface area contributed by atoms with Gasteiger partial charge in [0.05, 0.1) is 6.61 Å². The minimum atomic E-state index is -1.22. The molecule has 0 aliphatic rings. The standard InChI is InChI=1S/C27H20N2O3S2/c1-2-29-22-6-3-16(15-30)11-20(22)21-13-17(4-7-23(21)29)24-9-10-26(34-24)25-8-5-19(33-25)12-18(14-28)27(31)32/h3-13,30H,2,15H2,1H3,(H,31,32)/b18-12+. The molecular formula is C27H20N2O3S2. The van der Waals surface area contributed by atoms with Gasteiger partial charge in [0.25, 0.3) is 0 Å². The van der Waals surface area contributed by atoms with Crippen molar-refractivity contribution in [2.75, 3.05) is 0 Å². The van der Waals surface area contributed by atoms with E-state index in [2.05, 4.69) is 54.0 Å². The fraction of sp³-hybridized carbons (Fsp3) is 0.111. The van der Waals surface area contributed by atoms with Gasteiger partial charge in [0.2, 0.25) is 0 Å². The van der Waals surface area contributed by atoms with Gasteiger partial charge >= 0.3 is 5.97 Å². The third-order valence-electron chi connectivity index (χ3n) is 5.83. The van der Waals surface area contributed by atoms with Crippen molar-refractivity contribution in [1.82, 2.24) is 4.57 Å². The molecule has 34 heavy (non-hydrogen) atoms. The summed E-state index contributed by atoms with van der Waals surface area (Å²) in [6.07, 6.45) is 1.41. The van der Waals surface area contributed by atoms with Gasteiger partial charge in [0.15, 0.2) is 0 Å². The first-order chi connectivity index (χ1) is 16.5. The van der Waals surface area contributed by atoms with Crippen LogP contribution in [0.3, 0.4) is 0 Å². The number of benzene rings is 2. The van der Waals surface area contributed by atoms with E-state index in [0.717, 1.165) is 48.1 Å². The molecule has 0 aliphatic heterocycles. The number of hydrogen-bond donors (Lipinski definition) is 2. The van der Waals surface area contributed by atoms with Crippen LogP contribution in [0, 0.1) is 11.3 Å². The van der Waals surface area contributed by atoms with Crippen LogP contribution in [0.2, 0.25) is 0 Å². The highest BCUT2D eigenvalue weighted by Crippen LogP contribution is 2.40. The number of carbonyl (C=O) groups is 1. The molecule has 0 radical (unpaired) electrons. The number of rotatable bonds is 6. The smallest absolute Gasteiger partial charge is 0.346 e. The topological polar surface area (TPSA) is 86.3 Å². The molecule has 0 saturated heterocycles. The molecule has 5 nitrogen and oxygen atoms in total. The molecule has 2 N–H and O–H groups in total. The molecule has 168 valence electrons. The van der Waals surface area contributed by atoms with Crippen LogP contribution in [-0.4, -0.2) is 20.7 Å². The second-order valence-corrected chi connectivity index (χ2v) is 10.0. The van der Waals surface area contributed by atoms with Gasteiger partial charge in [-0.1, -0.05) is 12.1 Å². The predicted molar refractivity (Wildman–Crippen MR) is 139 cm³/mol. The van der Waals surface area contributed by atoms with Gasteiger partial charge in [-0.3, -0.25) is 0 Å². The van der Waals surface area contributed by atoms with Crippen LogP contribution >= 0.6 is 22.7 Å². The van der Waals surface area contributed by atoms with Crippen molar-refractivity contribution in [2.45, 2.75) is 20.1 Å². The van der Waals surface area contributed by atoms with Gasteiger partial charge < -0.3 is 14.8 Å². The van der Waals surface area contributed by atoms with E-state index in [1.54, 1.807) is 17.4 Å². The highest BCUT2D eigenvalue weighted by Gasteiger charge is 2.14. The first-order valence-corrected chi connectivity index (χ1v) is 12.4. The van der Waals surface area contributed by atoms with E-state index in [9.17, 15) is 9.90 Å². The molecule has 0 saturated carbocycles. The summed E-state index contributed by atoms with van der Waals surface area (Å²) in [5.74, 6) is -1.22. The zero-order valence-corrected chi connectivity index (χ0v) is 19.9. The van der Waals surface area contributed by atoms with Crippen LogP contribution in [0.25, 0.3) is 48.1 Å². The van der Waals surface area contributed by atoms with Gasteiger partial charge in [0, 0.05) is 47.9 Å². The SMILES string of the molecule is CCn1c2ccc(CO)cc2c2cc(-c3ccc(-c4ccc(/C=C(\C#N)C(=O)O)s4)s3)ccc21. The molecule has 0 amide bonds. The summed E-state index contributed by atoms with van der Waals surface area (Å²) < 4.78 is 2.29. The first kappa shape index (κ1) is 22.1. The lowest BCUT2D eigenvalue weighted by Gasteiger charge is -2.03. The lowest BCUT2D eigenvalue weighted by molar-refractivity contribution is -0.132. The van der Waals surface area contributed by atoms with E-state index in [1.165, 1.54) is 28.3 Å². The van der Waals surface area contributed by atoms with Crippen molar-refractivity contribution in [3.63, 3.8) is 0 Å². The Morgan fingerprint density at radius 3 is 2.35 bits per heavy atom. The van der Waals surface area contributed by atoms with Gasteiger partial charge in [-0.15, -0.1) is 22.7 Å². The normalized spacial score (nSPS) is 11.9. The molecule has 0 bridgehead atoms. The molecule has 0 unspecified atom stereocenters. The maximum absolute atomic E-state index is 11.1. The average Bonchev–Trinajstić information content (AvgIpc) is 3.58. The van der Waals surface area contributed by atoms with Crippen LogP contribution in [0.1, 0.15) is 17.4 Å². The van der Waals surface area contributed by atoms with E-state index >= 15 is 0 Å². The van der Waals surface area contributed by atoms with E-state index in [-0.39, 0.29) is 12.2 Å². The van der Waals surface area contributed by atoms with Gasteiger partial charge in [-0.05, 0) is 72.7 Å². The van der Waals surface area contributed by atoms with E-state index in [4.69, 9.17) is 10.4 Å². The second kappa shape index (κ2) is 8.92. The Hall–Kier alpha value is -3.70. The summed E-state index contributed by atoms with van der Waals surface area (Å²) in [4.78, 5) is 15.1. The van der Waals surface area contributed by atoms with Crippen LogP contribution < -0.4 is 0 Å². The minimum absolute atomic E-state index is 0.0169. The van der Waals surface area contributed by atoms with E-state index in [0.29, 0.717) is 0 Å². The summed E-state index contributed by atoms with van der Waals surface area (Å²) in [7, 11) is 0. The van der Waals surface area contributed by atoms with Crippen LogP contribution in [-0.2, 0) is 17.9 Å². The molecule has 0 fully saturated rings. The molecule has 3 heterocycles. The number of aliphatic hydroxyl groups is 1. The third kappa shape index (κ3) is 3.82. The van der Waals surface area contributed by atoms with E-state index < -0.39 is 5.97 Å². The zero-order valence-electron chi connectivity index (χ0n) is 18.3. The number of aromatic nitrogens is 1. The Kier molecular flexibility index (Phi) is 5.80. The van der Waals surface area contributed by atoms with Gasteiger partial charge in [-0.25, -0.2) is 4.79 Å². The first-order valence-electron chi connectivity index (χ1n) is 10.7. The van der Waals surface area contributed by atoms with Crippen molar-refractivity contribution < 1.29 is 15.0 Å². The number of aliphatic hydroxyl groups excluding tert-OH is 1. The minimum Gasteiger partial charge on any atom is -0.477 e. The van der Waals surface area contributed by atoms with E-state index in [1.807, 2.05) is 18.2 Å². The Morgan fingerprint density at radius 1 is 0.971 bits per heavy atom. The molecule has 0 spiro atoms. The van der Waals surface area contributed by atoms with Gasteiger partial charge in [0.1, 0.15) is 11.6 Å². The Balaban J connectivity index is 1.54. The maximum Gasteiger partial charge on any atom is 0.346 e. The Bertz CT molecular complexity index is 1630. The van der Waals surface area contributed by atoms with Crippen molar-refractivity contribution in [2.24, 2.45) is 0 Å². The van der Waals surface area contributed by atoms with Crippen molar-refractivity contribution >= 4 is 56.5 Å². The summed E-state index contributed by atoms with van der Waals surface area (Å²) in [6.45, 7) is 3.02.